The molecule has 0 N–H and O–H groups in total. The normalized spacial score (nSPS) is 11.2. The van der Waals surface area contributed by atoms with Crippen LogP contribution in [-0.4, -0.2) is 9.38 Å². The van der Waals surface area contributed by atoms with Crippen molar-refractivity contribution >= 4 is 17.8 Å². The van der Waals surface area contributed by atoms with E-state index in [-0.39, 0.29) is 0 Å². The van der Waals surface area contributed by atoms with Crippen molar-refractivity contribution < 1.29 is 0 Å². The molecule has 0 aliphatic rings. The van der Waals surface area contributed by atoms with Crippen LogP contribution in [0.2, 0.25) is 0 Å². The zero-order chi connectivity index (χ0) is 9.97. The van der Waals surface area contributed by atoms with Gasteiger partial charge in [-0.1, -0.05) is 18.7 Å². The minimum absolute atomic E-state index is 0.952. The molecule has 0 fully saturated rings. The van der Waals surface area contributed by atoms with Crippen molar-refractivity contribution in [1.82, 2.24) is 9.38 Å². The van der Waals surface area contributed by atoms with Crippen molar-refractivity contribution in [2.45, 2.75) is 6.92 Å². The first-order chi connectivity index (χ1) is 6.86. The predicted octanol–water partition coefficient (Wildman–Crippen LogP) is 3.01. The topological polar surface area (TPSA) is 17.3 Å². The Morgan fingerprint density at radius 3 is 3.00 bits per heavy atom. The standard InChI is InChI=1S/C12H12N2/c1-3-5-10-6-7-12-13-8-9-14(12)11(10)4-2/h3-9H,2H2,1H3/b5-3-. The van der Waals surface area contributed by atoms with Crippen LogP contribution in [-0.2, 0) is 0 Å². The van der Waals surface area contributed by atoms with Crippen LogP contribution in [0, 0.1) is 0 Å². The smallest absolute Gasteiger partial charge is 0.137 e. The lowest BCUT2D eigenvalue weighted by atomic mass is 10.1. The van der Waals surface area contributed by atoms with Gasteiger partial charge in [-0.2, -0.15) is 0 Å². The third-order valence-corrected chi connectivity index (χ3v) is 2.18. The summed E-state index contributed by atoms with van der Waals surface area (Å²) >= 11 is 0. The first-order valence-corrected chi connectivity index (χ1v) is 4.58. The van der Waals surface area contributed by atoms with E-state index in [1.807, 2.05) is 35.7 Å². The first-order valence-electron chi connectivity index (χ1n) is 4.58. The molecule has 0 aromatic carbocycles. The largest absolute Gasteiger partial charge is 0.300 e. The summed E-state index contributed by atoms with van der Waals surface area (Å²) in [5.74, 6) is 0. The van der Waals surface area contributed by atoms with Gasteiger partial charge in [-0.25, -0.2) is 4.98 Å². The van der Waals surface area contributed by atoms with E-state index < -0.39 is 0 Å². The molecule has 0 radical (unpaired) electrons. The molecule has 0 aliphatic heterocycles. The molecule has 2 rings (SSSR count). The molecule has 0 amide bonds. The third kappa shape index (κ3) is 1.25. The number of pyridine rings is 1. The fourth-order valence-electron chi connectivity index (χ4n) is 1.57. The van der Waals surface area contributed by atoms with Crippen molar-refractivity contribution in [3.05, 3.63) is 48.4 Å². The highest BCUT2D eigenvalue weighted by molar-refractivity contribution is 5.65. The van der Waals surface area contributed by atoms with E-state index in [0.717, 1.165) is 16.9 Å². The van der Waals surface area contributed by atoms with Gasteiger partial charge in [0.1, 0.15) is 5.65 Å². The summed E-state index contributed by atoms with van der Waals surface area (Å²) in [6, 6.07) is 4.06. The van der Waals surface area contributed by atoms with E-state index in [2.05, 4.69) is 23.7 Å². The summed E-state index contributed by atoms with van der Waals surface area (Å²) in [6.45, 7) is 5.83. The summed E-state index contributed by atoms with van der Waals surface area (Å²) in [5, 5.41) is 0. The second kappa shape index (κ2) is 3.50. The highest BCUT2D eigenvalue weighted by Gasteiger charge is 2.01. The van der Waals surface area contributed by atoms with Crippen molar-refractivity contribution in [1.29, 1.82) is 0 Å². The van der Waals surface area contributed by atoms with Crippen LogP contribution in [0.4, 0.5) is 0 Å². The molecular formula is C12H12N2. The van der Waals surface area contributed by atoms with Crippen LogP contribution < -0.4 is 0 Å². The van der Waals surface area contributed by atoms with E-state index in [4.69, 9.17) is 0 Å². The molecule has 2 heterocycles. The summed E-state index contributed by atoms with van der Waals surface area (Å²) in [6.07, 6.45) is 9.67. The molecule has 14 heavy (non-hydrogen) atoms. The Kier molecular flexibility index (Phi) is 2.19. The zero-order valence-electron chi connectivity index (χ0n) is 8.14. The van der Waals surface area contributed by atoms with Crippen molar-refractivity contribution in [2.75, 3.05) is 0 Å². The molecule has 0 aliphatic carbocycles. The molecule has 0 unspecified atom stereocenters. The van der Waals surface area contributed by atoms with Crippen LogP contribution >= 0.6 is 0 Å². The number of nitrogens with zero attached hydrogens (tertiary/aromatic N) is 2. The van der Waals surface area contributed by atoms with Gasteiger partial charge in [0.15, 0.2) is 0 Å². The molecule has 0 saturated heterocycles. The van der Waals surface area contributed by atoms with Crippen LogP contribution in [0.5, 0.6) is 0 Å². The van der Waals surface area contributed by atoms with Gasteiger partial charge < -0.3 is 0 Å². The maximum atomic E-state index is 4.22. The first kappa shape index (κ1) is 8.75. The Hall–Kier alpha value is -1.83. The molecule has 2 aromatic rings. The second-order valence-corrected chi connectivity index (χ2v) is 3.03. The van der Waals surface area contributed by atoms with E-state index in [1.165, 1.54) is 0 Å². The average molecular weight is 184 g/mol. The lowest BCUT2D eigenvalue weighted by Gasteiger charge is -2.04. The van der Waals surface area contributed by atoms with E-state index in [0.29, 0.717) is 0 Å². The Morgan fingerprint density at radius 1 is 1.43 bits per heavy atom. The summed E-state index contributed by atoms with van der Waals surface area (Å²) in [7, 11) is 0. The molecule has 0 atom stereocenters. The molecule has 0 spiro atoms. The van der Waals surface area contributed by atoms with Crippen molar-refractivity contribution in [3.63, 3.8) is 0 Å². The maximum absolute atomic E-state index is 4.22. The Morgan fingerprint density at radius 2 is 2.29 bits per heavy atom. The molecule has 0 bridgehead atoms. The number of hydrogen-bond donors (Lipinski definition) is 0. The number of fused-ring (bicyclic) bond motifs is 1. The fraction of sp³-hybridized carbons (Fsp3) is 0.0833. The minimum Gasteiger partial charge on any atom is -0.300 e. The number of allylic oxidation sites excluding steroid dienone is 1. The van der Waals surface area contributed by atoms with Crippen molar-refractivity contribution in [3.8, 4) is 0 Å². The molecular weight excluding hydrogens is 172 g/mol. The number of imidazole rings is 1. The minimum atomic E-state index is 0.952. The third-order valence-electron chi connectivity index (χ3n) is 2.18. The van der Waals surface area contributed by atoms with Crippen molar-refractivity contribution in [2.24, 2.45) is 0 Å². The van der Waals surface area contributed by atoms with Gasteiger partial charge in [-0.05, 0) is 30.7 Å². The number of aromatic nitrogens is 2. The number of hydrogen-bond acceptors (Lipinski definition) is 1. The SMILES string of the molecule is C=Cc1c(/C=C\C)ccc2nccn12. The monoisotopic (exact) mass is 184 g/mol. The lowest BCUT2D eigenvalue weighted by Crippen LogP contribution is -1.92. The molecule has 2 nitrogen and oxygen atoms in total. The van der Waals surface area contributed by atoms with Gasteiger partial charge in [-0.3, -0.25) is 4.40 Å². The Balaban J connectivity index is 2.78. The van der Waals surface area contributed by atoms with Gasteiger partial charge in [0.25, 0.3) is 0 Å². The van der Waals surface area contributed by atoms with Crippen LogP contribution in [0.1, 0.15) is 18.2 Å². The second-order valence-electron chi connectivity index (χ2n) is 3.03. The Labute approximate surface area is 83.2 Å². The van der Waals surface area contributed by atoms with Crippen LogP contribution in [0.3, 0.4) is 0 Å². The molecule has 2 heteroatoms. The van der Waals surface area contributed by atoms with E-state index in [1.54, 1.807) is 6.20 Å². The van der Waals surface area contributed by atoms with E-state index in [9.17, 15) is 0 Å². The van der Waals surface area contributed by atoms with Crippen LogP contribution in [0.25, 0.3) is 17.8 Å². The maximum Gasteiger partial charge on any atom is 0.137 e. The predicted molar refractivity (Wildman–Crippen MR) is 60.0 cm³/mol. The molecule has 70 valence electrons. The van der Waals surface area contributed by atoms with Gasteiger partial charge in [0.05, 0.1) is 5.69 Å². The van der Waals surface area contributed by atoms with Gasteiger partial charge in [0.2, 0.25) is 0 Å². The zero-order valence-corrected chi connectivity index (χ0v) is 8.14. The van der Waals surface area contributed by atoms with E-state index >= 15 is 0 Å². The molecule has 0 saturated carbocycles. The highest BCUT2D eigenvalue weighted by Crippen LogP contribution is 2.15. The highest BCUT2D eigenvalue weighted by atomic mass is 15.0. The van der Waals surface area contributed by atoms with Crippen LogP contribution in [0.15, 0.2) is 37.2 Å². The van der Waals surface area contributed by atoms with Gasteiger partial charge in [-0.15, -0.1) is 0 Å². The lowest BCUT2D eigenvalue weighted by molar-refractivity contribution is 1.15. The number of rotatable bonds is 2. The molecule has 2 aromatic heterocycles. The summed E-state index contributed by atoms with van der Waals surface area (Å²) in [5.41, 5.74) is 3.19. The quantitative estimate of drug-likeness (QED) is 0.701. The Bertz CT molecular complexity index is 492. The van der Waals surface area contributed by atoms with Gasteiger partial charge >= 0.3 is 0 Å². The average Bonchev–Trinajstić information content (AvgIpc) is 2.66. The summed E-state index contributed by atoms with van der Waals surface area (Å²) < 4.78 is 2.03. The fourth-order valence-corrected chi connectivity index (χ4v) is 1.57. The van der Waals surface area contributed by atoms with Gasteiger partial charge in [0, 0.05) is 12.4 Å². The summed E-state index contributed by atoms with van der Waals surface area (Å²) in [4.78, 5) is 4.22.